The van der Waals surface area contributed by atoms with Gasteiger partial charge in [0.15, 0.2) is 5.78 Å². The summed E-state index contributed by atoms with van der Waals surface area (Å²) in [7, 11) is 1.92. The molecule has 0 saturated carbocycles. The molecule has 4 nitrogen and oxygen atoms in total. The smallest absolute Gasteiger partial charge is 0.180 e. The van der Waals surface area contributed by atoms with Gasteiger partial charge in [-0.1, -0.05) is 0 Å². The van der Waals surface area contributed by atoms with Crippen LogP contribution in [0.2, 0.25) is 0 Å². The molecule has 78 valence electrons. The zero-order valence-corrected chi connectivity index (χ0v) is 8.77. The van der Waals surface area contributed by atoms with Crippen molar-refractivity contribution in [3.63, 3.8) is 0 Å². The number of fused-ring (bicyclic) bond motifs is 1. The second-order valence-electron chi connectivity index (χ2n) is 3.71. The number of nitrogens with zero attached hydrogens (tertiary/aromatic N) is 2. The average molecular weight is 203 g/mol. The van der Waals surface area contributed by atoms with Crippen LogP contribution in [0, 0.1) is 0 Å². The van der Waals surface area contributed by atoms with Gasteiger partial charge in [0.25, 0.3) is 0 Å². The van der Waals surface area contributed by atoms with Crippen LogP contribution in [0.15, 0.2) is 24.5 Å². The lowest BCUT2D eigenvalue weighted by atomic mass is 10.1. The van der Waals surface area contributed by atoms with E-state index < -0.39 is 6.04 Å². The number of Topliss-reactive ketones (excluding diaryl/α,β-unsaturated/α-hetero) is 1. The molecule has 2 rings (SSSR count). The molecular weight excluding hydrogens is 190 g/mol. The van der Waals surface area contributed by atoms with E-state index in [0.717, 1.165) is 11.0 Å². The van der Waals surface area contributed by atoms with E-state index >= 15 is 0 Å². The molecule has 15 heavy (non-hydrogen) atoms. The fourth-order valence-electron chi connectivity index (χ4n) is 1.53. The normalized spacial score (nSPS) is 13.0. The van der Waals surface area contributed by atoms with E-state index in [2.05, 4.69) is 4.98 Å². The van der Waals surface area contributed by atoms with Crippen molar-refractivity contribution in [1.29, 1.82) is 0 Å². The molecule has 0 aliphatic carbocycles. The minimum Gasteiger partial charge on any atom is -0.349 e. The van der Waals surface area contributed by atoms with Crippen LogP contribution in [0.25, 0.3) is 11.0 Å². The average Bonchev–Trinajstić information content (AvgIpc) is 2.59. The molecule has 0 saturated heterocycles. The number of aromatic nitrogens is 2. The number of pyridine rings is 1. The fraction of sp³-hybridized carbons (Fsp3) is 0.273. The number of hydrogen-bond donors (Lipinski definition) is 1. The summed E-state index contributed by atoms with van der Waals surface area (Å²) >= 11 is 0. The second kappa shape index (κ2) is 3.47. The monoisotopic (exact) mass is 203 g/mol. The third kappa shape index (κ3) is 1.64. The van der Waals surface area contributed by atoms with Gasteiger partial charge in [-0.15, -0.1) is 0 Å². The van der Waals surface area contributed by atoms with E-state index in [-0.39, 0.29) is 5.78 Å². The number of nitrogens with two attached hydrogens (primary N) is 1. The Kier molecular flexibility index (Phi) is 2.28. The molecule has 4 heteroatoms. The van der Waals surface area contributed by atoms with Gasteiger partial charge >= 0.3 is 0 Å². The Hall–Kier alpha value is -1.68. The summed E-state index contributed by atoms with van der Waals surface area (Å²) in [6, 6.07) is 3.26. The number of ketones is 1. The highest BCUT2D eigenvalue weighted by atomic mass is 16.1. The van der Waals surface area contributed by atoms with Crippen LogP contribution in [0.1, 0.15) is 17.3 Å². The summed E-state index contributed by atoms with van der Waals surface area (Å²) in [6.07, 6.45) is 3.49. The summed E-state index contributed by atoms with van der Waals surface area (Å²) in [4.78, 5) is 15.9. The summed E-state index contributed by atoms with van der Waals surface area (Å²) in [5.41, 5.74) is 7.94. The van der Waals surface area contributed by atoms with E-state index in [1.807, 2.05) is 29.9 Å². The molecule has 2 N–H and O–H groups in total. The molecule has 0 bridgehead atoms. The summed E-state index contributed by atoms with van der Waals surface area (Å²) in [6.45, 7) is 1.68. The molecule has 0 amide bonds. The van der Waals surface area contributed by atoms with Crippen molar-refractivity contribution in [1.82, 2.24) is 9.55 Å². The Morgan fingerprint density at radius 2 is 2.33 bits per heavy atom. The maximum absolute atomic E-state index is 11.6. The minimum atomic E-state index is -0.482. The molecule has 1 unspecified atom stereocenters. The Morgan fingerprint density at radius 1 is 1.60 bits per heavy atom. The molecule has 2 aromatic rings. The maximum Gasteiger partial charge on any atom is 0.180 e. The number of rotatable bonds is 2. The SMILES string of the molecule is CC(N)C(=O)c1cnc2ccn(C)c2c1. The van der Waals surface area contributed by atoms with E-state index in [1.54, 1.807) is 13.1 Å². The van der Waals surface area contributed by atoms with Crippen LogP contribution >= 0.6 is 0 Å². The highest BCUT2D eigenvalue weighted by Gasteiger charge is 2.12. The van der Waals surface area contributed by atoms with Gasteiger partial charge in [0.05, 0.1) is 17.1 Å². The molecule has 0 radical (unpaired) electrons. The lowest BCUT2D eigenvalue weighted by Crippen LogP contribution is -2.26. The number of aryl methyl sites for hydroxylation is 1. The van der Waals surface area contributed by atoms with E-state index in [1.165, 1.54) is 0 Å². The van der Waals surface area contributed by atoms with Crippen LogP contribution < -0.4 is 5.73 Å². The molecule has 0 aromatic carbocycles. The molecular formula is C11H13N3O. The van der Waals surface area contributed by atoms with Gasteiger partial charge in [0.2, 0.25) is 0 Å². The van der Waals surface area contributed by atoms with Crippen molar-refractivity contribution in [3.8, 4) is 0 Å². The largest absolute Gasteiger partial charge is 0.349 e. The molecule has 1 atom stereocenters. The van der Waals surface area contributed by atoms with E-state index in [4.69, 9.17) is 5.73 Å². The number of carbonyl (C=O) groups is 1. The summed E-state index contributed by atoms with van der Waals surface area (Å²) in [5, 5.41) is 0. The van der Waals surface area contributed by atoms with Gasteiger partial charge < -0.3 is 10.3 Å². The van der Waals surface area contributed by atoms with Crippen LogP contribution in [-0.2, 0) is 7.05 Å². The van der Waals surface area contributed by atoms with Gasteiger partial charge in [-0.05, 0) is 19.1 Å². The maximum atomic E-state index is 11.6. The van der Waals surface area contributed by atoms with Crippen LogP contribution in [0.5, 0.6) is 0 Å². The third-order valence-electron chi connectivity index (χ3n) is 2.43. The molecule has 2 heterocycles. The number of carbonyl (C=O) groups excluding carboxylic acids is 1. The van der Waals surface area contributed by atoms with E-state index in [0.29, 0.717) is 5.56 Å². The lowest BCUT2D eigenvalue weighted by Gasteiger charge is -2.04. The molecule has 0 spiro atoms. The van der Waals surface area contributed by atoms with Crippen molar-refractivity contribution in [2.45, 2.75) is 13.0 Å². The zero-order valence-electron chi connectivity index (χ0n) is 8.77. The predicted molar refractivity (Wildman–Crippen MR) is 58.7 cm³/mol. The fourth-order valence-corrected chi connectivity index (χ4v) is 1.53. The van der Waals surface area contributed by atoms with Crippen molar-refractivity contribution < 1.29 is 4.79 Å². The Morgan fingerprint density at radius 3 is 3.00 bits per heavy atom. The van der Waals surface area contributed by atoms with E-state index in [9.17, 15) is 4.79 Å². The summed E-state index contributed by atoms with van der Waals surface area (Å²) < 4.78 is 1.93. The highest BCUT2D eigenvalue weighted by molar-refractivity contribution is 6.01. The quantitative estimate of drug-likeness (QED) is 0.743. The molecule has 0 fully saturated rings. The Bertz CT molecular complexity index is 514. The van der Waals surface area contributed by atoms with Crippen LogP contribution in [-0.4, -0.2) is 21.4 Å². The number of hydrogen-bond acceptors (Lipinski definition) is 3. The van der Waals surface area contributed by atoms with Crippen LogP contribution in [0.3, 0.4) is 0 Å². The first kappa shape index (κ1) is 9.86. The third-order valence-corrected chi connectivity index (χ3v) is 2.43. The molecule has 0 aliphatic rings. The lowest BCUT2D eigenvalue weighted by molar-refractivity contribution is 0.0968. The standard InChI is InChI=1S/C11H13N3O/c1-7(12)11(15)8-5-10-9(13-6-8)3-4-14(10)2/h3-7H,12H2,1-2H3. The summed E-state index contributed by atoms with van der Waals surface area (Å²) in [5.74, 6) is -0.0781. The van der Waals surface area contributed by atoms with Crippen molar-refractivity contribution in [2.75, 3.05) is 0 Å². The molecule has 2 aromatic heterocycles. The van der Waals surface area contributed by atoms with Crippen molar-refractivity contribution >= 4 is 16.8 Å². The van der Waals surface area contributed by atoms with Gasteiger partial charge in [-0.3, -0.25) is 9.78 Å². The predicted octanol–water partition coefficient (Wildman–Crippen LogP) is 1.10. The zero-order chi connectivity index (χ0) is 11.0. The second-order valence-corrected chi connectivity index (χ2v) is 3.71. The van der Waals surface area contributed by atoms with Gasteiger partial charge in [0, 0.05) is 25.0 Å². The topological polar surface area (TPSA) is 60.9 Å². The van der Waals surface area contributed by atoms with Gasteiger partial charge in [0.1, 0.15) is 0 Å². The van der Waals surface area contributed by atoms with Crippen molar-refractivity contribution in [2.24, 2.45) is 12.8 Å². The highest BCUT2D eigenvalue weighted by Crippen LogP contribution is 2.14. The first-order valence-corrected chi connectivity index (χ1v) is 4.80. The Balaban J connectivity index is 2.55. The first-order chi connectivity index (χ1) is 7.09. The van der Waals surface area contributed by atoms with Crippen molar-refractivity contribution in [3.05, 3.63) is 30.1 Å². The van der Waals surface area contributed by atoms with Gasteiger partial charge in [-0.2, -0.15) is 0 Å². The van der Waals surface area contributed by atoms with Crippen LogP contribution in [0.4, 0.5) is 0 Å². The molecule has 0 aliphatic heterocycles. The Labute approximate surface area is 87.7 Å². The first-order valence-electron chi connectivity index (χ1n) is 4.80. The van der Waals surface area contributed by atoms with Gasteiger partial charge in [-0.25, -0.2) is 0 Å². The minimum absolute atomic E-state index is 0.0781.